The molecule has 0 aromatic rings. The molecule has 2 aliphatic heterocycles. The zero-order valence-corrected chi connectivity index (χ0v) is 11.0. The second kappa shape index (κ2) is 6.79. The first kappa shape index (κ1) is 17.0. The van der Waals surface area contributed by atoms with Gasteiger partial charge >= 0.3 is 0 Å². The molecule has 21 heavy (non-hydrogen) atoms. The fourth-order valence-corrected chi connectivity index (χ4v) is 2.21. The highest BCUT2D eigenvalue weighted by Gasteiger charge is 2.47. The lowest BCUT2D eigenvalue weighted by atomic mass is 9.99. The summed E-state index contributed by atoms with van der Waals surface area (Å²) in [7, 11) is 0. The molecule has 1 unspecified atom stereocenters. The number of aliphatic hydroxyl groups excluding tert-OH is 7. The Kier molecular flexibility index (Phi) is 5.48. The van der Waals surface area contributed by atoms with Crippen LogP contribution in [0.4, 0.5) is 0 Å². The molecular weight excluding hydrogens is 292 g/mol. The normalized spacial score (nSPS) is 51.9. The van der Waals surface area contributed by atoms with Gasteiger partial charge in [0.25, 0.3) is 0 Å². The summed E-state index contributed by atoms with van der Waals surface area (Å²) in [6.07, 6.45) is -13.3. The molecule has 2 fully saturated rings. The Bertz CT molecular complexity index is 339. The quantitative estimate of drug-likeness (QED) is 0.268. The van der Waals surface area contributed by atoms with Crippen LogP contribution in [0.1, 0.15) is 0 Å². The van der Waals surface area contributed by atoms with Crippen LogP contribution in [-0.2, 0) is 14.2 Å². The van der Waals surface area contributed by atoms with E-state index in [4.69, 9.17) is 19.3 Å². The maximum atomic E-state index is 9.77. The number of hydrogen-bond donors (Lipinski definition) is 7. The van der Waals surface area contributed by atoms with Gasteiger partial charge in [0.05, 0.1) is 13.2 Å². The molecule has 0 spiro atoms. The highest BCUT2D eigenvalue weighted by Crippen LogP contribution is 2.25. The molecule has 0 aliphatic carbocycles. The van der Waals surface area contributed by atoms with E-state index in [1.807, 2.05) is 0 Å². The van der Waals surface area contributed by atoms with Crippen molar-refractivity contribution in [3.05, 3.63) is 0 Å². The van der Waals surface area contributed by atoms with E-state index in [9.17, 15) is 30.6 Å². The average molecular weight is 312 g/mol. The van der Waals surface area contributed by atoms with Crippen LogP contribution in [0.15, 0.2) is 0 Å². The van der Waals surface area contributed by atoms with Crippen LogP contribution in [0.3, 0.4) is 0 Å². The van der Waals surface area contributed by atoms with Crippen molar-refractivity contribution < 1.29 is 50.0 Å². The van der Waals surface area contributed by atoms with Crippen molar-refractivity contribution >= 4 is 0 Å². The van der Waals surface area contributed by atoms with E-state index in [0.29, 0.717) is 0 Å². The Hall–Kier alpha value is -0.400. The molecule has 2 rings (SSSR count). The zero-order chi connectivity index (χ0) is 15.7. The van der Waals surface area contributed by atoms with Crippen LogP contribution in [0, 0.1) is 0 Å². The van der Waals surface area contributed by atoms with Gasteiger partial charge in [-0.25, -0.2) is 0 Å². The van der Waals surface area contributed by atoms with Gasteiger partial charge in [-0.2, -0.15) is 0 Å². The van der Waals surface area contributed by atoms with Crippen molar-refractivity contribution in [3.8, 4) is 0 Å². The average Bonchev–Trinajstić information content (AvgIpc) is 2.48. The molecule has 0 bridgehead atoms. The van der Waals surface area contributed by atoms with Crippen molar-refractivity contribution in [1.29, 1.82) is 0 Å². The highest BCUT2D eigenvalue weighted by atomic mass is 16.8. The molecule has 2 heterocycles. The van der Waals surface area contributed by atoms with Crippen molar-refractivity contribution in [2.24, 2.45) is 0 Å². The molecule has 0 radical (unpaired) electrons. The Morgan fingerprint density at radius 3 is 2.05 bits per heavy atom. The molecule has 7 N–H and O–H groups in total. The molecule has 0 amide bonds. The van der Waals surface area contributed by atoms with E-state index in [2.05, 4.69) is 0 Å². The van der Waals surface area contributed by atoms with Crippen LogP contribution in [0.25, 0.3) is 0 Å². The second-order valence-corrected chi connectivity index (χ2v) is 5.08. The largest absolute Gasteiger partial charge is 0.394 e. The van der Waals surface area contributed by atoms with E-state index in [0.717, 1.165) is 0 Å². The van der Waals surface area contributed by atoms with Crippen molar-refractivity contribution in [1.82, 2.24) is 0 Å². The van der Waals surface area contributed by atoms with Gasteiger partial charge in [-0.3, -0.25) is 0 Å². The molecule has 10 nitrogen and oxygen atoms in total. The first-order valence-corrected chi connectivity index (χ1v) is 6.48. The summed E-state index contributed by atoms with van der Waals surface area (Å²) in [5.41, 5.74) is 0. The first-order valence-electron chi connectivity index (χ1n) is 6.48. The number of ether oxygens (including phenoxy) is 3. The minimum absolute atomic E-state index is 0.305. The van der Waals surface area contributed by atoms with E-state index in [-0.39, 0.29) is 6.61 Å². The minimum atomic E-state index is -1.65. The van der Waals surface area contributed by atoms with Gasteiger partial charge in [-0.15, -0.1) is 0 Å². The lowest BCUT2D eigenvalue weighted by Crippen LogP contribution is -2.62. The fourth-order valence-electron chi connectivity index (χ4n) is 2.21. The summed E-state index contributed by atoms with van der Waals surface area (Å²) in [5.74, 6) is 0. The third kappa shape index (κ3) is 3.35. The molecule has 2 aliphatic rings. The van der Waals surface area contributed by atoms with Gasteiger partial charge in [-0.05, 0) is 0 Å². The van der Waals surface area contributed by atoms with Gasteiger partial charge in [0.1, 0.15) is 42.7 Å². The number of aliphatic hydroxyl groups is 7. The summed E-state index contributed by atoms with van der Waals surface area (Å²) in [4.78, 5) is 0. The Labute approximate surface area is 119 Å². The zero-order valence-electron chi connectivity index (χ0n) is 11.0. The van der Waals surface area contributed by atoms with Crippen LogP contribution < -0.4 is 0 Å². The molecule has 0 saturated carbocycles. The summed E-state index contributed by atoms with van der Waals surface area (Å²) < 4.78 is 15.2. The second-order valence-electron chi connectivity index (χ2n) is 5.08. The highest BCUT2D eigenvalue weighted by molar-refractivity contribution is 4.90. The maximum Gasteiger partial charge on any atom is 0.189 e. The maximum absolute atomic E-state index is 9.77. The summed E-state index contributed by atoms with van der Waals surface area (Å²) in [6, 6.07) is 0. The van der Waals surface area contributed by atoms with Gasteiger partial charge in [0.2, 0.25) is 0 Å². The smallest absolute Gasteiger partial charge is 0.189 e. The van der Waals surface area contributed by atoms with Crippen molar-refractivity contribution in [2.45, 2.75) is 55.3 Å². The lowest BCUT2D eigenvalue weighted by molar-refractivity contribution is -0.365. The standard InChI is InChI=1S/C11H20O10/c12-1-4-6(15)7(16)9(18)11(20-4)21-10-8(17)5(14)3(13)2-19-10/h3-18H,1-2H2/t3-,4+,5-,6+,7-,8+,9-,10?,11-/m0/s1. The molecular formula is C11H20O10. The summed E-state index contributed by atoms with van der Waals surface area (Å²) in [5, 5.41) is 66.5. The molecule has 9 atom stereocenters. The number of rotatable bonds is 3. The van der Waals surface area contributed by atoms with Crippen LogP contribution >= 0.6 is 0 Å². The molecule has 124 valence electrons. The lowest BCUT2D eigenvalue weighted by Gasteiger charge is -2.42. The Balaban J connectivity index is 2.01. The van der Waals surface area contributed by atoms with Crippen molar-refractivity contribution in [3.63, 3.8) is 0 Å². The SMILES string of the molecule is OC[C@H]1O[C@@H](OC2OC[C@H](O)[C@H](O)[C@H]2O)[C@@H](O)[C@@H](O)[C@@H]1O. The minimum Gasteiger partial charge on any atom is -0.394 e. The van der Waals surface area contributed by atoms with Crippen LogP contribution in [0.2, 0.25) is 0 Å². The summed E-state index contributed by atoms with van der Waals surface area (Å²) in [6.45, 7) is -0.930. The van der Waals surface area contributed by atoms with Gasteiger partial charge in [-0.1, -0.05) is 0 Å². The first-order chi connectivity index (χ1) is 9.86. The van der Waals surface area contributed by atoms with Crippen LogP contribution in [-0.4, -0.2) is 104 Å². The Morgan fingerprint density at radius 1 is 0.810 bits per heavy atom. The molecule has 10 heteroatoms. The molecule has 2 saturated heterocycles. The third-order valence-corrected chi connectivity index (χ3v) is 3.57. The predicted octanol–water partition coefficient (Wildman–Crippen LogP) is -4.76. The van der Waals surface area contributed by atoms with E-state index in [1.165, 1.54) is 0 Å². The van der Waals surface area contributed by atoms with Crippen LogP contribution in [0.5, 0.6) is 0 Å². The van der Waals surface area contributed by atoms with Gasteiger partial charge < -0.3 is 50.0 Å². The van der Waals surface area contributed by atoms with Gasteiger partial charge in [0, 0.05) is 0 Å². The van der Waals surface area contributed by atoms with Crippen molar-refractivity contribution in [2.75, 3.05) is 13.2 Å². The molecule has 0 aromatic heterocycles. The van der Waals surface area contributed by atoms with E-state index < -0.39 is 61.9 Å². The predicted molar refractivity (Wildman–Crippen MR) is 62.6 cm³/mol. The molecule has 0 aromatic carbocycles. The topological polar surface area (TPSA) is 169 Å². The third-order valence-electron chi connectivity index (χ3n) is 3.57. The van der Waals surface area contributed by atoms with Gasteiger partial charge in [0.15, 0.2) is 12.6 Å². The van der Waals surface area contributed by atoms with E-state index >= 15 is 0 Å². The fraction of sp³-hybridized carbons (Fsp3) is 1.00. The Morgan fingerprint density at radius 2 is 1.43 bits per heavy atom. The monoisotopic (exact) mass is 312 g/mol. The summed E-state index contributed by atoms with van der Waals surface area (Å²) >= 11 is 0. The number of hydrogen-bond acceptors (Lipinski definition) is 10. The van der Waals surface area contributed by atoms with E-state index in [1.54, 1.807) is 0 Å².